The molecule has 0 atom stereocenters. The van der Waals surface area contributed by atoms with Crippen LogP contribution in [0.4, 0.5) is 0 Å². The van der Waals surface area contributed by atoms with Gasteiger partial charge in [0, 0.05) is 44.2 Å². The van der Waals surface area contributed by atoms with Crippen LogP contribution in [0.3, 0.4) is 0 Å². The van der Waals surface area contributed by atoms with E-state index in [4.69, 9.17) is 4.74 Å². The first-order valence-electron chi connectivity index (χ1n) is 9.01. The standard InChI is InChI=1S/C19H30BrN3O2/c1-16(2)14-22-8-10-23(11-9-22)15-19(24)21(3)12-13-25-18-6-4-17(20)5-7-18/h4-7,16H,8-15H2,1-3H3. The van der Waals surface area contributed by atoms with Gasteiger partial charge in [-0.2, -0.15) is 0 Å². The monoisotopic (exact) mass is 411 g/mol. The van der Waals surface area contributed by atoms with Crippen molar-refractivity contribution in [1.29, 1.82) is 0 Å². The van der Waals surface area contributed by atoms with Gasteiger partial charge in [0.2, 0.25) is 5.91 Å². The third-order valence-corrected chi connectivity index (χ3v) is 4.91. The van der Waals surface area contributed by atoms with Crippen molar-refractivity contribution in [3.05, 3.63) is 28.7 Å². The average molecular weight is 412 g/mol. The van der Waals surface area contributed by atoms with Gasteiger partial charge in [0.1, 0.15) is 12.4 Å². The number of carbonyl (C=O) groups excluding carboxylic acids is 1. The maximum Gasteiger partial charge on any atom is 0.236 e. The van der Waals surface area contributed by atoms with Crippen molar-refractivity contribution in [3.8, 4) is 5.75 Å². The number of likely N-dealkylation sites (N-methyl/N-ethyl adjacent to an activating group) is 1. The lowest BCUT2D eigenvalue weighted by Gasteiger charge is -2.35. The number of benzene rings is 1. The second kappa shape index (κ2) is 10.1. The minimum absolute atomic E-state index is 0.164. The van der Waals surface area contributed by atoms with Gasteiger partial charge in [0.05, 0.1) is 13.1 Å². The second-order valence-electron chi connectivity index (χ2n) is 7.09. The van der Waals surface area contributed by atoms with Gasteiger partial charge in [-0.3, -0.25) is 9.69 Å². The van der Waals surface area contributed by atoms with Crippen molar-refractivity contribution in [1.82, 2.24) is 14.7 Å². The third-order valence-electron chi connectivity index (χ3n) is 4.38. The molecule has 1 aromatic carbocycles. The summed E-state index contributed by atoms with van der Waals surface area (Å²) in [6.07, 6.45) is 0. The zero-order valence-corrected chi connectivity index (χ0v) is 17.2. The second-order valence-corrected chi connectivity index (χ2v) is 8.00. The molecule has 0 unspecified atom stereocenters. The van der Waals surface area contributed by atoms with E-state index in [0.717, 1.165) is 42.9 Å². The molecule has 140 valence electrons. The molecule has 5 nitrogen and oxygen atoms in total. The fourth-order valence-electron chi connectivity index (χ4n) is 2.91. The smallest absolute Gasteiger partial charge is 0.236 e. The van der Waals surface area contributed by atoms with Crippen molar-refractivity contribution in [2.75, 3.05) is 59.5 Å². The van der Waals surface area contributed by atoms with Crippen molar-refractivity contribution in [2.45, 2.75) is 13.8 Å². The molecule has 0 bridgehead atoms. The van der Waals surface area contributed by atoms with Gasteiger partial charge in [-0.05, 0) is 30.2 Å². The van der Waals surface area contributed by atoms with E-state index in [2.05, 4.69) is 39.6 Å². The van der Waals surface area contributed by atoms with Gasteiger partial charge in [0.15, 0.2) is 0 Å². The van der Waals surface area contributed by atoms with E-state index < -0.39 is 0 Å². The summed E-state index contributed by atoms with van der Waals surface area (Å²) in [5, 5.41) is 0. The number of amides is 1. The normalized spacial score (nSPS) is 16.2. The fraction of sp³-hybridized carbons (Fsp3) is 0.632. The largest absolute Gasteiger partial charge is 0.492 e. The Bertz CT molecular complexity index is 528. The van der Waals surface area contributed by atoms with Gasteiger partial charge >= 0.3 is 0 Å². The number of carbonyl (C=O) groups is 1. The topological polar surface area (TPSA) is 36.0 Å². The first-order chi connectivity index (χ1) is 11.9. The highest BCUT2D eigenvalue weighted by Gasteiger charge is 2.20. The van der Waals surface area contributed by atoms with Crippen LogP contribution in [0.1, 0.15) is 13.8 Å². The molecule has 1 aromatic rings. The van der Waals surface area contributed by atoms with E-state index >= 15 is 0 Å². The summed E-state index contributed by atoms with van der Waals surface area (Å²) in [5.41, 5.74) is 0. The van der Waals surface area contributed by atoms with Crippen LogP contribution in [-0.2, 0) is 4.79 Å². The molecule has 0 saturated carbocycles. The van der Waals surface area contributed by atoms with Crippen molar-refractivity contribution in [3.63, 3.8) is 0 Å². The number of ether oxygens (including phenoxy) is 1. The van der Waals surface area contributed by atoms with Gasteiger partial charge in [-0.1, -0.05) is 29.8 Å². The zero-order valence-electron chi connectivity index (χ0n) is 15.6. The van der Waals surface area contributed by atoms with Crippen LogP contribution in [0.25, 0.3) is 0 Å². The van der Waals surface area contributed by atoms with Gasteiger partial charge in [0.25, 0.3) is 0 Å². The zero-order chi connectivity index (χ0) is 18.2. The number of hydrogen-bond acceptors (Lipinski definition) is 4. The van der Waals surface area contributed by atoms with Crippen LogP contribution < -0.4 is 4.74 Å². The van der Waals surface area contributed by atoms with E-state index in [1.165, 1.54) is 0 Å². The number of rotatable bonds is 8. The number of halogens is 1. The Morgan fingerprint density at radius 2 is 1.76 bits per heavy atom. The van der Waals surface area contributed by atoms with E-state index in [1.807, 2.05) is 31.3 Å². The first kappa shape index (κ1) is 20.2. The minimum Gasteiger partial charge on any atom is -0.492 e. The highest BCUT2D eigenvalue weighted by Crippen LogP contribution is 2.15. The average Bonchev–Trinajstić information content (AvgIpc) is 2.58. The van der Waals surface area contributed by atoms with Gasteiger partial charge in [-0.15, -0.1) is 0 Å². The Balaban J connectivity index is 1.64. The summed E-state index contributed by atoms with van der Waals surface area (Å²) in [4.78, 5) is 18.9. The summed E-state index contributed by atoms with van der Waals surface area (Å²) in [7, 11) is 1.85. The summed E-state index contributed by atoms with van der Waals surface area (Å²) >= 11 is 3.40. The molecule has 1 aliphatic heterocycles. The molecule has 1 saturated heterocycles. The molecule has 0 aliphatic carbocycles. The molecular formula is C19H30BrN3O2. The maximum atomic E-state index is 12.4. The molecule has 25 heavy (non-hydrogen) atoms. The van der Waals surface area contributed by atoms with E-state index in [1.54, 1.807) is 4.90 Å². The number of hydrogen-bond donors (Lipinski definition) is 0. The Morgan fingerprint density at radius 3 is 2.36 bits per heavy atom. The lowest BCUT2D eigenvalue weighted by atomic mass is 10.2. The van der Waals surface area contributed by atoms with Crippen LogP contribution in [0.15, 0.2) is 28.7 Å². The third kappa shape index (κ3) is 7.34. The molecule has 0 N–H and O–H groups in total. The van der Waals surface area contributed by atoms with Gasteiger partial charge in [-0.25, -0.2) is 0 Å². The van der Waals surface area contributed by atoms with Crippen LogP contribution >= 0.6 is 15.9 Å². The van der Waals surface area contributed by atoms with E-state index in [9.17, 15) is 4.79 Å². The Labute approximate surface area is 160 Å². The Morgan fingerprint density at radius 1 is 1.16 bits per heavy atom. The molecule has 2 rings (SSSR count). The molecule has 1 amide bonds. The molecule has 0 aromatic heterocycles. The van der Waals surface area contributed by atoms with Crippen LogP contribution in [0, 0.1) is 5.92 Å². The fourth-order valence-corrected chi connectivity index (χ4v) is 3.18. The molecule has 0 radical (unpaired) electrons. The molecule has 6 heteroatoms. The van der Waals surface area contributed by atoms with E-state index in [-0.39, 0.29) is 5.91 Å². The first-order valence-corrected chi connectivity index (χ1v) is 9.80. The lowest BCUT2D eigenvalue weighted by Crippen LogP contribution is -2.50. The van der Waals surface area contributed by atoms with Crippen LogP contribution in [-0.4, -0.2) is 80.1 Å². The van der Waals surface area contributed by atoms with Crippen LogP contribution in [0.5, 0.6) is 5.75 Å². The summed E-state index contributed by atoms with van der Waals surface area (Å²) in [6.45, 7) is 11.3. The lowest BCUT2D eigenvalue weighted by molar-refractivity contribution is -0.131. The Hall–Kier alpha value is -1.11. The maximum absolute atomic E-state index is 12.4. The predicted molar refractivity (Wildman–Crippen MR) is 105 cm³/mol. The highest BCUT2D eigenvalue weighted by molar-refractivity contribution is 9.10. The summed E-state index contributed by atoms with van der Waals surface area (Å²) in [6, 6.07) is 7.73. The summed E-state index contributed by atoms with van der Waals surface area (Å²) in [5.74, 6) is 1.69. The quantitative estimate of drug-likeness (QED) is 0.658. The molecule has 1 fully saturated rings. The SMILES string of the molecule is CC(C)CN1CCN(CC(=O)N(C)CCOc2ccc(Br)cc2)CC1. The van der Waals surface area contributed by atoms with E-state index in [0.29, 0.717) is 25.6 Å². The van der Waals surface area contributed by atoms with Crippen LogP contribution in [0.2, 0.25) is 0 Å². The number of nitrogens with zero attached hydrogens (tertiary/aromatic N) is 3. The van der Waals surface area contributed by atoms with Gasteiger partial charge < -0.3 is 14.5 Å². The number of piperazine rings is 1. The minimum atomic E-state index is 0.164. The highest BCUT2D eigenvalue weighted by atomic mass is 79.9. The molecule has 0 spiro atoms. The van der Waals surface area contributed by atoms with Crippen molar-refractivity contribution in [2.24, 2.45) is 5.92 Å². The Kier molecular flexibility index (Phi) is 8.19. The van der Waals surface area contributed by atoms with Crippen molar-refractivity contribution >= 4 is 21.8 Å². The molecule has 1 aliphatic rings. The molecular weight excluding hydrogens is 382 g/mol. The van der Waals surface area contributed by atoms with Crippen molar-refractivity contribution < 1.29 is 9.53 Å². The molecule has 1 heterocycles. The summed E-state index contributed by atoms with van der Waals surface area (Å²) < 4.78 is 6.72. The predicted octanol–water partition coefficient (Wildman–Crippen LogP) is 2.56.